The summed E-state index contributed by atoms with van der Waals surface area (Å²) in [6.45, 7) is 0.389. The molecule has 1 aliphatic rings. The Hall–Kier alpha value is -0.860. The minimum atomic E-state index is 0.389. The lowest BCUT2D eigenvalue weighted by Gasteiger charge is -1.71. The average molecular weight is 85.1 g/mol. The van der Waals surface area contributed by atoms with E-state index in [0.717, 1.165) is 4.74 Å². The van der Waals surface area contributed by atoms with E-state index in [-0.39, 0.29) is 0 Å². The van der Waals surface area contributed by atoms with Crippen LogP contribution in [0.15, 0.2) is 4.99 Å². The molecule has 0 radical (unpaired) electrons. The lowest BCUT2D eigenvalue weighted by Crippen LogP contribution is -2.00. The van der Waals surface area contributed by atoms with Crippen LogP contribution >= 0.6 is 0 Å². The average Bonchev–Trinajstić information content (AvgIpc) is 1.86. The van der Waals surface area contributed by atoms with Gasteiger partial charge in [0.15, 0.2) is 0 Å². The molecule has 0 unspecified atom stereocenters. The van der Waals surface area contributed by atoms with Crippen LogP contribution in [0.4, 0.5) is 0 Å². The molecule has 32 valence electrons. The van der Waals surface area contributed by atoms with Crippen molar-refractivity contribution in [1.29, 1.82) is 0 Å². The largest absolute Gasteiger partial charge is 0.289 e. The summed E-state index contributed by atoms with van der Waals surface area (Å²) in [5.41, 5.74) is 0. The Bertz CT molecular complexity index is 105. The number of hydrogen-bond acceptors (Lipinski definition) is 2. The van der Waals surface area contributed by atoms with Crippen LogP contribution in [0.3, 0.4) is 0 Å². The molecule has 0 saturated carbocycles. The second kappa shape index (κ2) is 1.08. The van der Waals surface area contributed by atoms with Gasteiger partial charge in [-0.1, -0.05) is 0 Å². The van der Waals surface area contributed by atoms with Gasteiger partial charge in [-0.05, 0) is 4.74 Å². The molecule has 1 aliphatic heterocycles. The summed E-state index contributed by atoms with van der Waals surface area (Å²) >= 11 is 0. The Morgan fingerprint density at radius 3 is 2.83 bits per heavy atom. The van der Waals surface area contributed by atoms with Crippen molar-refractivity contribution in [2.45, 2.75) is 0 Å². The molecule has 0 aromatic carbocycles. The van der Waals surface area contributed by atoms with E-state index < -0.39 is 0 Å². The molecule has 0 aromatic heterocycles. The summed E-state index contributed by atoms with van der Waals surface area (Å²) in [6.07, 6.45) is 3.06. The summed E-state index contributed by atoms with van der Waals surface area (Å²) in [6, 6.07) is 0. The van der Waals surface area contributed by atoms with Crippen molar-refractivity contribution in [3.63, 3.8) is 0 Å². The predicted molar refractivity (Wildman–Crippen MR) is 21.5 cm³/mol. The zero-order valence-corrected chi connectivity index (χ0v) is 3.20. The molecule has 0 spiro atoms. The van der Waals surface area contributed by atoms with Crippen molar-refractivity contribution in [3.8, 4) is 0 Å². The number of aliphatic imine (C=N–C) groups is 1. The predicted octanol–water partition coefficient (Wildman–Crippen LogP) is -0.499. The molecule has 0 atom stereocenters. The molecule has 0 saturated heterocycles. The first-order chi connectivity index (χ1) is 2.89. The normalized spacial score (nSPS) is 18.3. The minimum absolute atomic E-state index is 0.389. The molecule has 3 heteroatoms. The van der Waals surface area contributed by atoms with Crippen LogP contribution < -0.4 is 0 Å². The first kappa shape index (κ1) is 3.33. The molecule has 6 heavy (non-hydrogen) atoms. The maximum absolute atomic E-state index is 8.38. The molecular formula is C3H5N2O+. The van der Waals surface area contributed by atoms with E-state index in [1.165, 1.54) is 6.21 Å². The maximum Gasteiger partial charge on any atom is 0.284 e. The third kappa shape index (κ3) is 0.381. The van der Waals surface area contributed by atoms with Crippen LogP contribution in [0.1, 0.15) is 0 Å². The lowest BCUT2D eigenvalue weighted by atomic mass is 10.8. The van der Waals surface area contributed by atoms with Gasteiger partial charge in [0.25, 0.3) is 6.67 Å². The SMILES string of the molecule is O[N+]1=CC=NC1. The Morgan fingerprint density at radius 2 is 2.67 bits per heavy atom. The van der Waals surface area contributed by atoms with Crippen LogP contribution in [0.2, 0.25) is 0 Å². The number of hydroxylamine groups is 1. The Labute approximate surface area is 35.2 Å². The Kier molecular flexibility index (Phi) is 0.602. The molecule has 1 heterocycles. The molecule has 0 fully saturated rings. The Balaban J connectivity index is 2.61. The minimum Gasteiger partial charge on any atom is -0.289 e. The molecule has 0 aromatic rings. The first-order valence-corrected chi connectivity index (χ1v) is 1.68. The van der Waals surface area contributed by atoms with E-state index in [1.54, 1.807) is 6.21 Å². The zero-order chi connectivity index (χ0) is 4.41. The third-order valence-corrected chi connectivity index (χ3v) is 0.571. The number of nitrogens with zero attached hydrogens (tertiary/aromatic N) is 2. The van der Waals surface area contributed by atoms with E-state index in [9.17, 15) is 0 Å². The molecule has 0 bridgehead atoms. The van der Waals surface area contributed by atoms with Gasteiger partial charge in [-0.25, -0.2) is 4.99 Å². The van der Waals surface area contributed by atoms with E-state index in [2.05, 4.69) is 4.99 Å². The molecule has 3 nitrogen and oxygen atoms in total. The second-order valence-electron chi connectivity index (χ2n) is 1.06. The van der Waals surface area contributed by atoms with Crippen molar-refractivity contribution in [2.24, 2.45) is 4.99 Å². The zero-order valence-electron chi connectivity index (χ0n) is 3.20. The van der Waals surface area contributed by atoms with Crippen LogP contribution in [0.25, 0.3) is 0 Å². The highest BCUT2D eigenvalue weighted by atomic mass is 16.5. The van der Waals surface area contributed by atoms with Crippen molar-refractivity contribution >= 4 is 12.4 Å². The highest BCUT2D eigenvalue weighted by Gasteiger charge is 1.98. The summed E-state index contributed by atoms with van der Waals surface area (Å²) in [5, 5.41) is 8.38. The van der Waals surface area contributed by atoms with Crippen LogP contribution in [0.5, 0.6) is 0 Å². The lowest BCUT2D eigenvalue weighted by molar-refractivity contribution is -0.767. The van der Waals surface area contributed by atoms with Gasteiger partial charge in [-0.3, -0.25) is 5.21 Å². The fourth-order valence-corrected chi connectivity index (χ4v) is 0.302. The van der Waals surface area contributed by atoms with Crippen molar-refractivity contribution in [1.82, 2.24) is 0 Å². The first-order valence-electron chi connectivity index (χ1n) is 1.68. The molecule has 1 rings (SSSR count). The topological polar surface area (TPSA) is 35.6 Å². The molecule has 0 amide bonds. The van der Waals surface area contributed by atoms with Gasteiger partial charge in [0.05, 0.1) is 6.21 Å². The smallest absolute Gasteiger partial charge is 0.284 e. The molecule has 0 aliphatic carbocycles. The van der Waals surface area contributed by atoms with Crippen LogP contribution in [-0.2, 0) is 0 Å². The van der Waals surface area contributed by atoms with Gasteiger partial charge in [-0.15, -0.1) is 0 Å². The van der Waals surface area contributed by atoms with Gasteiger partial charge in [0.2, 0.25) is 6.21 Å². The van der Waals surface area contributed by atoms with Gasteiger partial charge in [0.1, 0.15) is 0 Å². The van der Waals surface area contributed by atoms with Gasteiger partial charge < -0.3 is 0 Å². The second-order valence-corrected chi connectivity index (χ2v) is 1.06. The van der Waals surface area contributed by atoms with Crippen LogP contribution in [-0.4, -0.2) is 29.0 Å². The van der Waals surface area contributed by atoms with Crippen molar-refractivity contribution in [2.75, 3.05) is 6.67 Å². The van der Waals surface area contributed by atoms with E-state index >= 15 is 0 Å². The van der Waals surface area contributed by atoms with Gasteiger partial charge >= 0.3 is 0 Å². The molecular weight excluding hydrogens is 80.0 g/mol. The summed E-state index contributed by atoms with van der Waals surface area (Å²) in [5.74, 6) is 0. The highest BCUT2D eigenvalue weighted by Crippen LogP contribution is 1.72. The van der Waals surface area contributed by atoms with Crippen molar-refractivity contribution < 1.29 is 9.95 Å². The fourth-order valence-electron chi connectivity index (χ4n) is 0.302. The van der Waals surface area contributed by atoms with E-state index in [0.29, 0.717) is 6.67 Å². The highest BCUT2D eigenvalue weighted by molar-refractivity contribution is 6.14. The summed E-state index contributed by atoms with van der Waals surface area (Å²) in [4.78, 5) is 3.66. The quantitative estimate of drug-likeness (QED) is 0.312. The van der Waals surface area contributed by atoms with Gasteiger partial charge in [0, 0.05) is 0 Å². The monoisotopic (exact) mass is 85.0 g/mol. The number of rotatable bonds is 0. The van der Waals surface area contributed by atoms with Crippen molar-refractivity contribution in [3.05, 3.63) is 0 Å². The van der Waals surface area contributed by atoms with E-state index in [1.807, 2.05) is 0 Å². The van der Waals surface area contributed by atoms with Gasteiger partial charge in [-0.2, -0.15) is 0 Å². The maximum atomic E-state index is 8.38. The third-order valence-electron chi connectivity index (χ3n) is 0.571. The standard InChI is InChI=1S/C3H5N2O/c6-5-2-1-4-3-5/h1-2,6H,3H2/q+1. The molecule has 1 N–H and O–H groups in total. The fraction of sp³-hybridized carbons (Fsp3) is 0.333. The summed E-state index contributed by atoms with van der Waals surface area (Å²) in [7, 11) is 0. The van der Waals surface area contributed by atoms with E-state index in [4.69, 9.17) is 5.21 Å². The number of hydrogen-bond donors (Lipinski definition) is 1. The van der Waals surface area contributed by atoms with Crippen LogP contribution in [0, 0.1) is 0 Å². The Morgan fingerprint density at radius 1 is 1.83 bits per heavy atom. The summed E-state index contributed by atoms with van der Waals surface area (Å²) < 4.78 is 1.01.